The normalized spacial score (nSPS) is 15.1. The van der Waals surface area contributed by atoms with Gasteiger partial charge in [-0.1, -0.05) is 0 Å². The molecule has 104 valence electrons. The quantitative estimate of drug-likeness (QED) is 0.785. The molecule has 3 N–H and O–H groups in total. The lowest BCUT2D eigenvalue weighted by Crippen LogP contribution is -2.25. The summed E-state index contributed by atoms with van der Waals surface area (Å²) in [6.07, 6.45) is 5.27. The highest BCUT2D eigenvalue weighted by Crippen LogP contribution is 2.16. The highest BCUT2D eigenvalue weighted by molar-refractivity contribution is 5.92. The number of nitrogens with one attached hydrogen (secondary N) is 3. The van der Waals surface area contributed by atoms with Crippen molar-refractivity contribution in [2.75, 3.05) is 18.5 Å². The third kappa shape index (κ3) is 2.97. The zero-order chi connectivity index (χ0) is 13.8. The van der Waals surface area contributed by atoms with Crippen LogP contribution in [0.3, 0.4) is 0 Å². The number of rotatable bonds is 2. The van der Waals surface area contributed by atoms with Gasteiger partial charge in [-0.05, 0) is 36.6 Å². The Hall–Kier alpha value is -2.34. The monoisotopic (exact) mass is 272 g/mol. The standard InChI is InChI=1S/C14H16N4O2/c19-14(15-8-10-3-5-20-6-4-10)17-12-2-1-11-9-16-18-13(11)7-12/h1-2,7-9H,3-6H2,(H,16,18)(H2,15,17,19). The third-order valence-corrected chi connectivity index (χ3v) is 3.24. The fourth-order valence-corrected chi connectivity index (χ4v) is 2.13. The summed E-state index contributed by atoms with van der Waals surface area (Å²) >= 11 is 0. The van der Waals surface area contributed by atoms with Gasteiger partial charge in [-0.25, -0.2) is 4.79 Å². The molecule has 0 spiro atoms. The van der Waals surface area contributed by atoms with Gasteiger partial charge in [0.25, 0.3) is 0 Å². The molecule has 3 rings (SSSR count). The van der Waals surface area contributed by atoms with Crippen molar-refractivity contribution in [1.82, 2.24) is 15.5 Å². The Labute approximate surface area is 116 Å². The predicted molar refractivity (Wildman–Crippen MR) is 76.4 cm³/mol. The minimum Gasteiger partial charge on any atom is -0.381 e. The van der Waals surface area contributed by atoms with E-state index in [1.165, 1.54) is 5.57 Å². The largest absolute Gasteiger partial charge is 0.381 e. The minimum atomic E-state index is -0.247. The SMILES string of the molecule is O=C(NC=C1CCOCC1)Nc1ccc2cn[nH]c2c1. The summed E-state index contributed by atoms with van der Waals surface area (Å²) in [6.45, 7) is 1.46. The molecular formula is C14H16N4O2. The highest BCUT2D eigenvalue weighted by Gasteiger charge is 2.06. The maximum atomic E-state index is 11.8. The van der Waals surface area contributed by atoms with E-state index >= 15 is 0 Å². The summed E-state index contributed by atoms with van der Waals surface area (Å²) in [7, 11) is 0. The van der Waals surface area contributed by atoms with Gasteiger partial charge in [-0.3, -0.25) is 5.10 Å². The van der Waals surface area contributed by atoms with Crippen LogP contribution in [-0.2, 0) is 4.74 Å². The number of hydrogen-bond donors (Lipinski definition) is 3. The van der Waals surface area contributed by atoms with E-state index in [4.69, 9.17) is 4.74 Å². The minimum absolute atomic E-state index is 0.247. The molecule has 1 aromatic heterocycles. The third-order valence-electron chi connectivity index (χ3n) is 3.24. The van der Waals surface area contributed by atoms with E-state index in [9.17, 15) is 4.79 Å². The van der Waals surface area contributed by atoms with E-state index < -0.39 is 0 Å². The Morgan fingerprint density at radius 1 is 1.35 bits per heavy atom. The molecule has 6 nitrogen and oxygen atoms in total. The first kappa shape index (κ1) is 12.7. The van der Waals surface area contributed by atoms with E-state index in [0.29, 0.717) is 0 Å². The number of aromatic nitrogens is 2. The van der Waals surface area contributed by atoms with Crippen LogP contribution in [0.2, 0.25) is 0 Å². The molecule has 1 fully saturated rings. The van der Waals surface area contributed by atoms with Gasteiger partial charge in [0.05, 0.1) is 24.9 Å². The number of hydrogen-bond acceptors (Lipinski definition) is 3. The summed E-state index contributed by atoms with van der Waals surface area (Å²) in [5, 5.41) is 13.4. The first-order valence-electron chi connectivity index (χ1n) is 6.57. The molecule has 2 heterocycles. The number of benzene rings is 1. The lowest BCUT2D eigenvalue weighted by Gasteiger charge is -2.14. The zero-order valence-corrected chi connectivity index (χ0v) is 11.0. The van der Waals surface area contributed by atoms with E-state index in [0.717, 1.165) is 42.6 Å². The average molecular weight is 272 g/mol. The van der Waals surface area contributed by atoms with Gasteiger partial charge < -0.3 is 15.4 Å². The van der Waals surface area contributed by atoms with E-state index in [1.807, 2.05) is 18.2 Å². The second-order valence-corrected chi connectivity index (χ2v) is 4.69. The Bertz CT molecular complexity index is 639. The van der Waals surface area contributed by atoms with Crippen molar-refractivity contribution in [3.05, 3.63) is 36.2 Å². The Morgan fingerprint density at radius 3 is 3.05 bits per heavy atom. The fourth-order valence-electron chi connectivity index (χ4n) is 2.13. The average Bonchev–Trinajstić information content (AvgIpc) is 2.94. The van der Waals surface area contributed by atoms with Crippen LogP contribution < -0.4 is 10.6 Å². The summed E-state index contributed by atoms with van der Waals surface area (Å²) < 4.78 is 5.26. The molecule has 0 bridgehead atoms. The highest BCUT2D eigenvalue weighted by atomic mass is 16.5. The number of urea groups is 1. The molecule has 1 saturated heterocycles. The maximum Gasteiger partial charge on any atom is 0.323 e. The summed E-state index contributed by atoms with van der Waals surface area (Å²) in [5.74, 6) is 0. The van der Waals surface area contributed by atoms with Crippen LogP contribution in [0.15, 0.2) is 36.2 Å². The van der Waals surface area contributed by atoms with Crippen LogP contribution >= 0.6 is 0 Å². The van der Waals surface area contributed by atoms with Crippen LogP contribution in [0.1, 0.15) is 12.8 Å². The lowest BCUT2D eigenvalue weighted by atomic mass is 10.1. The van der Waals surface area contributed by atoms with Crippen molar-refractivity contribution in [3.8, 4) is 0 Å². The molecule has 2 amide bonds. The molecule has 20 heavy (non-hydrogen) atoms. The summed E-state index contributed by atoms with van der Waals surface area (Å²) in [5.41, 5.74) is 2.82. The van der Waals surface area contributed by atoms with Crippen LogP contribution in [0.5, 0.6) is 0 Å². The van der Waals surface area contributed by atoms with Crippen molar-refractivity contribution in [2.45, 2.75) is 12.8 Å². The number of carbonyl (C=O) groups excluding carboxylic acids is 1. The number of fused-ring (bicyclic) bond motifs is 1. The van der Waals surface area contributed by atoms with Crippen LogP contribution in [0.25, 0.3) is 10.9 Å². The number of nitrogens with zero attached hydrogens (tertiary/aromatic N) is 1. The Balaban J connectivity index is 1.60. The first-order valence-corrected chi connectivity index (χ1v) is 6.57. The summed E-state index contributed by atoms with van der Waals surface area (Å²) in [4.78, 5) is 11.8. The van der Waals surface area contributed by atoms with Crippen LogP contribution in [-0.4, -0.2) is 29.4 Å². The van der Waals surface area contributed by atoms with Crippen LogP contribution in [0.4, 0.5) is 10.5 Å². The molecule has 0 aliphatic carbocycles. The molecule has 1 aliphatic rings. The number of carbonyl (C=O) groups is 1. The van der Waals surface area contributed by atoms with E-state index in [-0.39, 0.29) is 6.03 Å². The van der Waals surface area contributed by atoms with Gasteiger partial charge in [0.1, 0.15) is 0 Å². The molecular weight excluding hydrogens is 256 g/mol. The van der Waals surface area contributed by atoms with E-state index in [1.54, 1.807) is 12.4 Å². The van der Waals surface area contributed by atoms with Crippen molar-refractivity contribution >= 4 is 22.6 Å². The fraction of sp³-hybridized carbons (Fsp3) is 0.286. The molecule has 0 unspecified atom stereocenters. The van der Waals surface area contributed by atoms with E-state index in [2.05, 4.69) is 20.8 Å². The number of anilines is 1. The molecule has 6 heteroatoms. The van der Waals surface area contributed by atoms with Crippen molar-refractivity contribution < 1.29 is 9.53 Å². The van der Waals surface area contributed by atoms with Gasteiger partial charge in [0, 0.05) is 17.3 Å². The van der Waals surface area contributed by atoms with Gasteiger partial charge >= 0.3 is 6.03 Å². The van der Waals surface area contributed by atoms with Gasteiger partial charge in [-0.15, -0.1) is 0 Å². The predicted octanol–water partition coefficient (Wildman–Crippen LogP) is 2.38. The first-order chi connectivity index (χ1) is 9.81. The van der Waals surface area contributed by atoms with Gasteiger partial charge in [0.2, 0.25) is 0 Å². The van der Waals surface area contributed by atoms with Gasteiger partial charge in [-0.2, -0.15) is 5.10 Å². The topological polar surface area (TPSA) is 79.0 Å². The molecule has 0 atom stereocenters. The number of amides is 2. The molecule has 2 aromatic rings. The molecule has 0 radical (unpaired) electrons. The smallest absolute Gasteiger partial charge is 0.323 e. The summed E-state index contributed by atoms with van der Waals surface area (Å²) in [6, 6.07) is 5.36. The maximum absolute atomic E-state index is 11.8. The zero-order valence-electron chi connectivity index (χ0n) is 11.0. The number of aromatic amines is 1. The van der Waals surface area contributed by atoms with Crippen LogP contribution in [0, 0.1) is 0 Å². The number of H-pyrrole nitrogens is 1. The Kier molecular flexibility index (Phi) is 3.64. The second-order valence-electron chi connectivity index (χ2n) is 4.69. The number of ether oxygens (including phenoxy) is 1. The Morgan fingerprint density at radius 2 is 2.20 bits per heavy atom. The molecule has 0 saturated carbocycles. The second kappa shape index (κ2) is 5.75. The lowest BCUT2D eigenvalue weighted by molar-refractivity contribution is 0.119. The van der Waals surface area contributed by atoms with Crippen molar-refractivity contribution in [3.63, 3.8) is 0 Å². The van der Waals surface area contributed by atoms with Crippen molar-refractivity contribution in [1.29, 1.82) is 0 Å². The van der Waals surface area contributed by atoms with Gasteiger partial charge in [0.15, 0.2) is 0 Å². The molecule has 1 aromatic carbocycles. The molecule has 1 aliphatic heterocycles. The van der Waals surface area contributed by atoms with Crippen molar-refractivity contribution in [2.24, 2.45) is 0 Å².